The van der Waals surface area contributed by atoms with Gasteiger partial charge >= 0.3 is 12.0 Å². The smallest absolute Gasteiger partial charge is 0.329 e. The number of nitrogens with zero attached hydrogens (tertiary/aromatic N) is 1. The van der Waals surface area contributed by atoms with Crippen molar-refractivity contribution in [1.82, 2.24) is 10.2 Å². The Morgan fingerprint density at radius 1 is 1.40 bits per heavy atom. The molecule has 2 fully saturated rings. The van der Waals surface area contributed by atoms with Crippen LogP contribution in [0.2, 0.25) is 0 Å². The topological polar surface area (TPSA) is 99.1 Å². The van der Waals surface area contributed by atoms with Crippen LogP contribution in [0.15, 0.2) is 0 Å². The third-order valence-electron chi connectivity index (χ3n) is 4.43. The first-order valence-electron chi connectivity index (χ1n) is 7.01. The fourth-order valence-corrected chi connectivity index (χ4v) is 2.93. The standard InChI is InChI=1S/C13H22N2O5/c1-9-2-5-15(10(9)8-16)12(19)14-13(11(17)18)3-6-20-7-4-13/h9-10,16H,2-8H2,1H3,(H,14,19)(H,17,18). The number of nitrogens with one attached hydrogen (secondary N) is 1. The molecule has 3 N–H and O–H groups in total. The van der Waals surface area contributed by atoms with E-state index in [-0.39, 0.29) is 31.4 Å². The van der Waals surface area contributed by atoms with Gasteiger partial charge in [0, 0.05) is 32.6 Å². The average Bonchev–Trinajstić information content (AvgIpc) is 2.80. The first kappa shape index (κ1) is 15.1. The van der Waals surface area contributed by atoms with Crippen molar-refractivity contribution >= 4 is 12.0 Å². The molecule has 2 amide bonds. The summed E-state index contributed by atoms with van der Waals surface area (Å²) in [5.41, 5.74) is -1.25. The second-order valence-electron chi connectivity index (χ2n) is 5.64. The summed E-state index contributed by atoms with van der Waals surface area (Å²) in [5, 5.41) is 21.4. The van der Waals surface area contributed by atoms with Crippen LogP contribution in [-0.4, -0.2) is 65.1 Å². The molecule has 7 nitrogen and oxygen atoms in total. The lowest BCUT2D eigenvalue weighted by molar-refractivity contribution is -0.148. The van der Waals surface area contributed by atoms with Crippen molar-refractivity contribution in [2.24, 2.45) is 5.92 Å². The van der Waals surface area contributed by atoms with Gasteiger partial charge in [-0.25, -0.2) is 9.59 Å². The quantitative estimate of drug-likeness (QED) is 0.680. The van der Waals surface area contributed by atoms with Crippen LogP contribution in [0.1, 0.15) is 26.2 Å². The molecule has 0 saturated carbocycles. The molecule has 0 aromatic carbocycles. The van der Waals surface area contributed by atoms with E-state index in [0.29, 0.717) is 19.8 Å². The Labute approximate surface area is 117 Å². The van der Waals surface area contributed by atoms with Gasteiger partial charge in [0.15, 0.2) is 0 Å². The zero-order valence-corrected chi connectivity index (χ0v) is 11.7. The highest BCUT2D eigenvalue weighted by Gasteiger charge is 2.44. The average molecular weight is 286 g/mol. The molecule has 2 aliphatic rings. The van der Waals surface area contributed by atoms with Gasteiger partial charge in [0.25, 0.3) is 0 Å². The van der Waals surface area contributed by atoms with Crippen molar-refractivity contribution in [3.63, 3.8) is 0 Å². The number of carboxylic acids is 1. The second kappa shape index (κ2) is 5.97. The number of amides is 2. The molecule has 2 unspecified atom stereocenters. The molecule has 0 aromatic heterocycles. The van der Waals surface area contributed by atoms with Gasteiger partial charge in [-0.05, 0) is 12.3 Å². The summed E-state index contributed by atoms with van der Waals surface area (Å²) in [6, 6.07) is -0.640. The first-order chi connectivity index (χ1) is 9.50. The van der Waals surface area contributed by atoms with Gasteiger partial charge in [0.1, 0.15) is 5.54 Å². The van der Waals surface area contributed by atoms with Gasteiger partial charge in [-0.1, -0.05) is 6.92 Å². The molecule has 0 spiro atoms. The van der Waals surface area contributed by atoms with E-state index in [1.165, 1.54) is 0 Å². The normalized spacial score (nSPS) is 29.2. The van der Waals surface area contributed by atoms with E-state index in [1.54, 1.807) is 4.90 Å². The number of carboxylic acid groups (broad SMARTS) is 1. The van der Waals surface area contributed by atoms with Crippen LogP contribution in [0.4, 0.5) is 4.79 Å². The van der Waals surface area contributed by atoms with E-state index in [9.17, 15) is 19.8 Å². The summed E-state index contributed by atoms with van der Waals surface area (Å²) in [5.74, 6) is -0.803. The Morgan fingerprint density at radius 2 is 2.05 bits per heavy atom. The Kier molecular flexibility index (Phi) is 4.49. The van der Waals surface area contributed by atoms with Gasteiger partial charge in [0.2, 0.25) is 0 Å². The lowest BCUT2D eigenvalue weighted by Gasteiger charge is -2.36. The zero-order chi connectivity index (χ0) is 14.8. The number of hydrogen-bond donors (Lipinski definition) is 3. The zero-order valence-electron chi connectivity index (χ0n) is 11.7. The predicted molar refractivity (Wildman–Crippen MR) is 70.3 cm³/mol. The number of carbonyl (C=O) groups excluding carboxylic acids is 1. The summed E-state index contributed by atoms with van der Waals surface area (Å²) in [6.45, 7) is 3.08. The highest BCUT2D eigenvalue weighted by molar-refractivity contribution is 5.86. The minimum absolute atomic E-state index is 0.0994. The fraction of sp³-hybridized carbons (Fsp3) is 0.846. The molecule has 2 heterocycles. The van der Waals surface area contributed by atoms with E-state index >= 15 is 0 Å². The molecular weight excluding hydrogens is 264 g/mol. The Balaban J connectivity index is 2.07. The molecule has 2 rings (SSSR count). The molecule has 0 radical (unpaired) electrons. The highest BCUT2D eigenvalue weighted by atomic mass is 16.5. The van der Waals surface area contributed by atoms with Crippen molar-refractivity contribution in [2.45, 2.75) is 37.8 Å². The molecule has 0 bridgehead atoms. The number of likely N-dealkylation sites (tertiary alicyclic amines) is 1. The summed E-state index contributed by atoms with van der Waals surface area (Å²) < 4.78 is 5.17. The lowest BCUT2D eigenvalue weighted by atomic mass is 9.90. The molecule has 114 valence electrons. The Morgan fingerprint density at radius 3 is 2.60 bits per heavy atom. The summed E-state index contributed by atoms with van der Waals surface area (Å²) >= 11 is 0. The van der Waals surface area contributed by atoms with E-state index in [1.807, 2.05) is 6.92 Å². The van der Waals surface area contributed by atoms with Crippen molar-refractivity contribution in [3.05, 3.63) is 0 Å². The monoisotopic (exact) mass is 286 g/mol. The summed E-state index contributed by atoms with van der Waals surface area (Å²) in [7, 11) is 0. The fourth-order valence-electron chi connectivity index (χ4n) is 2.93. The molecular formula is C13H22N2O5. The number of ether oxygens (including phenoxy) is 1. The van der Waals surface area contributed by atoms with Crippen LogP contribution >= 0.6 is 0 Å². The maximum Gasteiger partial charge on any atom is 0.329 e. The molecule has 0 aliphatic carbocycles. The van der Waals surface area contributed by atoms with Crippen LogP contribution in [0.3, 0.4) is 0 Å². The van der Waals surface area contributed by atoms with E-state index in [2.05, 4.69) is 5.32 Å². The maximum atomic E-state index is 12.3. The Hall–Kier alpha value is -1.34. The van der Waals surface area contributed by atoms with Gasteiger partial charge in [-0.2, -0.15) is 0 Å². The largest absolute Gasteiger partial charge is 0.480 e. The number of rotatable bonds is 3. The second-order valence-corrected chi connectivity index (χ2v) is 5.64. The minimum atomic E-state index is -1.25. The van der Waals surface area contributed by atoms with Crippen molar-refractivity contribution in [1.29, 1.82) is 0 Å². The SMILES string of the molecule is CC1CCN(C(=O)NC2(C(=O)O)CCOCC2)C1CO. The number of carbonyl (C=O) groups is 2. The third-order valence-corrected chi connectivity index (χ3v) is 4.43. The highest BCUT2D eigenvalue weighted by Crippen LogP contribution is 2.26. The molecule has 7 heteroatoms. The maximum absolute atomic E-state index is 12.3. The van der Waals surface area contributed by atoms with Crippen LogP contribution in [0.5, 0.6) is 0 Å². The number of urea groups is 1. The van der Waals surface area contributed by atoms with Crippen LogP contribution in [0, 0.1) is 5.92 Å². The number of aliphatic carboxylic acids is 1. The number of aliphatic hydroxyl groups is 1. The van der Waals surface area contributed by atoms with E-state index < -0.39 is 17.5 Å². The summed E-state index contributed by atoms with van der Waals surface area (Å²) in [4.78, 5) is 25.4. The number of aliphatic hydroxyl groups excluding tert-OH is 1. The molecule has 2 aliphatic heterocycles. The van der Waals surface area contributed by atoms with Crippen LogP contribution in [-0.2, 0) is 9.53 Å². The van der Waals surface area contributed by atoms with Gasteiger partial charge < -0.3 is 25.2 Å². The van der Waals surface area contributed by atoms with E-state index in [4.69, 9.17) is 4.74 Å². The van der Waals surface area contributed by atoms with Crippen molar-refractivity contribution < 1.29 is 24.5 Å². The molecule has 20 heavy (non-hydrogen) atoms. The van der Waals surface area contributed by atoms with Crippen molar-refractivity contribution in [3.8, 4) is 0 Å². The van der Waals surface area contributed by atoms with Crippen LogP contribution < -0.4 is 5.32 Å². The third kappa shape index (κ3) is 2.73. The van der Waals surface area contributed by atoms with E-state index in [0.717, 1.165) is 6.42 Å². The van der Waals surface area contributed by atoms with Gasteiger partial charge in [-0.3, -0.25) is 0 Å². The van der Waals surface area contributed by atoms with Gasteiger partial charge in [0.05, 0.1) is 12.6 Å². The predicted octanol–water partition coefficient (Wildman–Crippen LogP) is 0.0325. The number of hydrogen-bond acceptors (Lipinski definition) is 4. The molecule has 0 aromatic rings. The lowest BCUT2D eigenvalue weighted by Crippen LogP contribution is -2.61. The van der Waals surface area contributed by atoms with Crippen LogP contribution in [0.25, 0.3) is 0 Å². The molecule has 2 saturated heterocycles. The summed E-state index contributed by atoms with van der Waals surface area (Å²) in [6.07, 6.45) is 1.35. The van der Waals surface area contributed by atoms with Crippen molar-refractivity contribution in [2.75, 3.05) is 26.4 Å². The van der Waals surface area contributed by atoms with Gasteiger partial charge in [-0.15, -0.1) is 0 Å². The Bertz CT molecular complexity index is 381. The minimum Gasteiger partial charge on any atom is -0.480 e. The molecule has 2 atom stereocenters. The first-order valence-corrected chi connectivity index (χ1v) is 7.01.